The van der Waals surface area contributed by atoms with Gasteiger partial charge in [-0.05, 0) is 79.3 Å². The van der Waals surface area contributed by atoms with Crippen LogP contribution in [0.25, 0.3) is 0 Å². The Hall–Kier alpha value is -2.27. The fourth-order valence-electron chi connectivity index (χ4n) is 5.03. The number of anilines is 1. The molecule has 252 valence electrons. The average Bonchev–Trinajstić information content (AvgIpc) is 3.04. The van der Waals surface area contributed by atoms with Crippen molar-refractivity contribution in [3.63, 3.8) is 0 Å². The van der Waals surface area contributed by atoms with E-state index in [1.165, 1.54) is 71.8 Å². The molecule has 0 spiro atoms. The topological polar surface area (TPSA) is 145 Å². The summed E-state index contributed by atoms with van der Waals surface area (Å²) in [6, 6.07) is 6.37. The molecule has 1 saturated heterocycles. The lowest BCUT2D eigenvalue weighted by molar-refractivity contribution is -0.107. The number of nitrogens with zero attached hydrogens (tertiary/aromatic N) is 1. The summed E-state index contributed by atoms with van der Waals surface area (Å²) in [6.07, 6.45) is 13.3. The molecule has 2 fully saturated rings. The number of allylic oxidation sites excluding steroid dienone is 1. The van der Waals surface area contributed by atoms with Crippen molar-refractivity contribution < 1.29 is 14.4 Å². The van der Waals surface area contributed by atoms with Crippen molar-refractivity contribution in [1.82, 2.24) is 10.2 Å². The first kappa shape index (κ1) is 43.9. The van der Waals surface area contributed by atoms with Gasteiger partial charge in [-0.15, -0.1) is 0 Å². The van der Waals surface area contributed by atoms with E-state index in [9.17, 15) is 4.79 Å². The lowest BCUT2D eigenvalue weighted by Crippen LogP contribution is -2.34. The summed E-state index contributed by atoms with van der Waals surface area (Å²) >= 11 is 3.74. The number of aryl methyl sites for hydroxylation is 1. The van der Waals surface area contributed by atoms with Crippen molar-refractivity contribution in [2.45, 2.75) is 83.5 Å². The zero-order chi connectivity index (χ0) is 33.6. The van der Waals surface area contributed by atoms with Crippen LogP contribution in [0.2, 0.25) is 0 Å². The molecule has 8 nitrogen and oxygen atoms in total. The Labute approximate surface area is 276 Å². The van der Waals surface area contributed by atoms with Gasteiger partial charge in [-0.25, -0.2) is 0 Å². The molecule has 2 amide bonds. The average molecular weight is 652 g/mol. The SMILES string of the molecule is C=C(C=O)CN1CCSCC1.C=C(CCC(CNC)CC1CCCCC1)Sc1cc(CC)ccc1N.CC.NC=O.NC=O. The molecule has 1 aliphatic heterocycles. The number of nitrogens with one attached hydrogen (secondary N) is 1. The number of thioether (sulfide) groups is 2. The number of amides is 2. The minimum absolute atomic E-state index is 0.250. The van der Waals surface area contributed by atoms with Gasteiger partial charge < -0.3 is 22.5 Å². The number of aldehydes is 1. The van der Waals surface area contributed by atoms with Gasteiger partial charge in [-0.2, -0.15) is 11.8 Å². The molecule has 7 N–H and O–H groups in total. The summed E-state index contributed by atoms with van der Waals surface area (Å²) in [7, 11) is 2.08. The third-order valence-corrected chi connectivity index (χ3v) is 9.16. The van der Waals surface area contributed by atoms with Crippen LogP contribution in [-0.2, 0) is 20.8 Å². The highest BCUT2D eigenvalue weighted by Crippen LogP contribution is 2.36. The second kappa shape index (κ2) is 30.7. The van der Waals surface area contributed by atoms with Crippen molar-refractivity contribution in [1.29, 1.82) is 0 Å². The second-order valence-corrected chi connectivity index (χ2v) is 13.0. The molecule has 1 atom stereocenters. The number of primary amides is 2. The van der Waals surface area contributed by atoms with Crippen LogP contribution >= 0.6 is 23.5 Å². The molecule has 3 rings (SSSR count). The van der Waals surface area contributed by atoms with Gasteiger partial charge in [-0.1, -0.05) is 83.9 Å². The Kier molecular flexibility index (Phi) is 30.6. The summed E-state index contributed by atoms with van der Waals surface area (Å²) < 4.78 is 0. The van der Waals surface area contributed by atoms with E-state index < -0.39 is 0 Å². The lowest BCUT2D eigenvalue weighted by atomic mass is 9.81. The van der Waals surface area contributed by atoms with E-state index in [2.05, 4.69) is 60.9 Å². The minimum Gasteiger partial charge on any atom is -0.398 e. The van der Waals surface area contributed by atoms with E-state index in [0.717, 1.165) is 62.8 Å². The summed E-state index contributed by atoms with van der Waals surface area (Å²) in [6.45, 7) is 18.2. The number of carbonyl (C=O) groups excluding carboxylic acids is 3. The third kappa shape index (κ3) is 23.2. The third-order valence-electron chi connectivity index (χ3n) is 7.15. The van der Waals surface area contributed by atoms with E-state index in [0.29, 0.717) is 5.57 Å². The fraction of sp³-hybridized carbons (Fsp3) is 0.618. The molecule has 0 radical (unpaired) electrons. The van der Waals surface area contributed by atoms with Gasteiger partial charge in [0.2, 0.25) is 12.8 Å². The van der Waals surface area contributed by atoms with Crippen molar-refractivity contribution in [2.75, 3.05) is 50.5 Å². The molecule has 1 aromatic rings. The second-order valence-electron chi connectivity index (χ2n) is 10.5. The first-order valence-corrected chi connectivity index (χ1v) is 17.9. The fourth-order valence-corrected chi connectivity index (χ4v) is 6.93. The maximum atomic E-state index is 10.2. The number of hydrogen-bond acceptors (Lipinski definition) is 8. The highest BCUT2D eigenvalue weighted by molar-refractivity contribution is 8.03. The van der Waals surface area contributed by atoms with Gasteiger partial charge >= 0.3 is 0 Å². The summed E-state index contributed by atoms with van der Waals surface area (Å²) in [4.78, 5) is 32.1. The Morgan fingerprint density at radius 1 is 1.09 bits per heavy atom. The zero-order valence-corrected chi connectivity index (χ0v) is 29.5. The van der Waals surface area contributed by atoms with Gasteiger partial charge in [-0.3, -0.25) is 19.3 Å². The van der Waals surface area contributed by atoms with E-state index in [1.54, 1.807) is 11.8 Å². The molecule has 1 unspecified atom stereocenters. The van der Waals surface area contributed by atoms with Crippen LogP contribution in [-0.4, -0.2) is 68.7 Å². The monoisotopic (exact) mass is 651 g/mol. The number of nitrogens with two attached hydrogens (primary N) is 3. The van der Waals surface area contributed by atoms with Crippen molar-refractivity contribution in [2.24, 2.45) is 23.3 Å². The maximum absolute atomic E-state index is 10.2. The van der Waals surface area contributed by atoms with E-state index >= 15 is 0 Å². The number of hydrogen-bond donors (Lipinski definition) is 4. The first-order chi connectivity index (χ1) is 21.3. The smallest absolute Gasteiger partial charge is 0.204 e. The highest BCUT2D eigenvalue weighted by atomic mass is 32.2. The summed E-state index contributed by atoms with van der Waals surface area (Å²) in [5.74, 6) is 4.09. The lowest BCUT2D eigenvalue weighted by Gasteiger charge is -2.26. The summed E-state index contributed by atoms with van der Waals surface area (Å²) in [5.41, 5.74) is 17.4. The van der Waals surface area contributed by atoms with Gasteiger partial charge in [0.05, 0.1) is 0 Å². The van der Waals surface area contributed by atoms with Crippen molar-refractivity contribution in [3.05, 3.63) is 47.4 Å². The van der Waals surface area contributed by atoms with Crippen LogP contribution < -0.4 is 22.5 Å². The van der Waals surface area contributed by atoms with Crippen LogP contribution in [0.15, 0.2) is 46.7 Å². The van der Waals surface area contributed by atoms with Gasteiger partial charge in [0.1, 0.15) is 6.29 Å². The van der Waals surface area contributed by atoms with Crippen molar-refractivity contribution in [3.8, 4) is 0 Å². The van der Waals surface area contributed by atoms with Crippen LogP contribution in [0.5, 0.6) is 0 Å². The normalized spacial score (nSPS) is 15.1. The van der Waals surface area contributed by atoms with E-state index in [4.69, 9.17) is 15.3 Å². The Morgan fingerprint density at radius 2 is 1.68 bits per heavy atom. The van der Waals surface area contributed by atoms with Gasteiger partial charge in [0.15, 0.2) is 0 Å². The van der Waals surface area contributed by atoms with Gasteiger partial charge in [0, 0.05) is 41.7 Å². The summed E-state index contributed by atoms with van der Waals surface area (Å²) in [5, 5.41) is 3.40. The molecular formula is C34H61N5O3S2. The maximum Gasteiger partial charge on any atom is 0.204 e. The molecule has 1 saturated carbocycles. The Balaban J connectivity index is 0. The number of carbonyl (C=O) groups is 3. The number of rotatable bonds is 13. The predicted molar refractivity (Wildman–Crippen MR) is 194 cm³/mol. The molecule has 10 heteroatoms. The van der Waals surface area contributed by atoms with Crippen LogP contribution in [0, 0.1) is 11.8 Å². The van der Waals surface area contributed by atoms with Crippen LogP contribution in [0.4, 0.5) is 5.69 Å². The van der Waals surface area contributed by atoms with Crippen LogP contribution in [0.1, 0.15) is 77.7 Å². The molecule has 0 aromatic heterocycles. The highest BCUT2D eigenvalue weighted by Gasteiger charge is 2.19. The zero-order valence-electron chi connectivity index (χ0n) is 27.9. The molecule has 1 aromatic carbocycles. The Bertz CT molecular complexity index is 899. The molecule has 0 bridgehead atoms. The Morgan fingerprint density at radius 3 is 2.20 bits per heavy atom. The number of benzene rings is 1. The quantitative estimate of drug-likeness (QED) is 0.0874. The molecule has 44 heavy (non-hydrogen) atoms. The molecule has 2 aliphatic rings. The molecule has 1 heterocycles. The van der Waals surface area contributed by atoms with Gasteiger partial charge in [0.25, 0.3) is 0 Å². The predicted octanol–water partition coefficient (Wildman–Crippen LogP) is 6.04. The molecular weight excluding hydrogens is 591 g/mol. The van der Waals surface area contributed by atoms with Crippen LogP contribution in [0.3, 0.4) is 0 Å². The largest absolute Gasteiger partial charge is 0.398 e. The van der Waals surface area contributed by atoms with E-state index in [1.807, 2.05) is 31.7 Å². The standard InChI is InChI=1S/C22H36N2S.C8H13NOS.C2H6.2CH3NO/c1-4-18-12-13-21(23)22(15-18)25-17(2)10-11-20(16-24-3)14-19-8-6-5-7-9-19;1-8(7-10)6-9-2-4-11-5-3-9;1-2;2*2-1-3/h12-13,15,19-20,24H,2,4-11,14,16,23H2,1,3H3;7H,1-6H2;1-2H3;2*1H,(H2,2,3). The minimum atomic E-state index is 0.250. The number of nitrogen functional groups attached to an aromatic ring is 1. The first-order valence-electron chi connectivity index (χ1n) is 15.9. The molecule has 1 aliphatic carbocycles. The van der Waals surface area contributed by atoms with Crippen molar-refractivity contribution >= 4 is 48.3 Å². The van der Waals surface area contributed by atoms with E-state index in [-0.39, 0.29) is 12.8 Å².